The highest BCUT2D eigenvalue weighted by atomic mass is 35.5. The Kier molecular flexibility index (Phi) is 4.10. The molecule has 0 bridgehead atoms. The van der Waals surface area contributed by atoms with Crippen molar-refractivity contribution in [1.29, 1.82) is 0 Å². The van der Waals surface area contributed by atoms with Crippen LogP contribution in [0.3, 0.4) is 0 Å². The zero-order chi connectivity index (χ0) is 16.8. The standard InChI is InChI=1S/C14H8Cl2F4N2O/c15-12-9-4-3-8(11(9)21-13(16)22-12)7-2-1-6(5-10(7)17)23-14(18,19)20/h1-2,5,8H,3-4H2. The van der Waals surface area contributed by atoms with Gasteiger partial charge in [-0.05, 0) is 36.1 Å². The molecule has 0 N–H and O–H groups in total. The largest absolute Gasteiger partial charge is 0.573 e. The van der Waals surface area contributed by atoms with E-state index in [2.05, 4.69) is 14.7 Å². The number of aromatic nitrogens is 2. The Hall–Kier alpha value is -1.60. The van der Waals surface area contributed by atoms with E-state index < -0.39 is 23.8 Å². The highest BCUT2D eigenvalue weighted by Gasteiger charge is 2.33. The van der Waals surface area contributed by atoms with E-state index in [4.69, 9.17) is 23.2 Å². The maximum absolute atomic E-state index is 14.2. The van der Waals surface area contributed by atoms with Gasteiger partial charge in [-0.2, -0.15) is 0 Å². The Balaban J connectivity index is 1.96. The van der Waals surface area contributed by atoms with Gasteiger partial charge in [-0.15, -0.1) is 13.2 Å². The maximum Gasteiger partial charge on any atom is 0.573 e. The second-order valence-electron chi connectivity index (χ2n) is 4.97. The molecule has 0 saturated heterocycles. The van der Waals surface area contributed by atoms with Gasteiger partial charge in [-0.25, -0.2) is 14.4 Å². The highest BCUT2D eigenvalue weighted by Crippen LogP contribution is 2.41. The summed E-state index contributed by atoms with van der Waals surface area (Å²) in [7, 11) is 0. The summed E-state index contributed by atoms with van der Waals surface area (Å²) in [4.78, 5) is 7.92. The lowest BCUT2D eigenvalue weighted by atomic mass is 9.96. The van der Waals surface area contributed by atoms with Crippen molar-refractivity contribution in [3.05, 3.63) is 51.3 Å². The molecule has 2 aromatic rings. The van der Waals surface area contributed by atoms with Gasteiger partial charge < -0.3 is 4.74 Å². The molecule has 0 saturated carbocycles. The molecule has 0 fully saturated rings. The molecule has 1 aliphatic carbocycles. The zero-order valence-electron chi connectivity index (χ0n) is 11.3. The van der Waals surface area contributed by atoms with Crippen LogP contribution in [0.15, 0.2) is 18.2 Å². The Morgan fingerprint density at radius 1 is 1.17 bits per heavy atom. The van der Waals surface area contributed by atoms with E-state index in [0.29, 0.717) is 30.2 Å². The van der Waals surface area contributed by atoms with Crippen LogP contribution in [0.25, 0.3) is 0 Å². The molecule has 1 heterocycles. The second-order valence-corrected chi connectivity index (χ2v) is 5.67. The Morgan fingerprint density at radius 2 is 1.91 bits per heavy atom. The second kappa shape index (κ2) is 5.79. The summed E-state index contributed by atoms with van der Waals surface area (Å²) in [5.41, 5.74) is 1.39. The van der Waals surface area contributed by atoms with Gasteiger partial charge in [0.05, 0.1) is 5.69 Å². The first-order valence-corrected chi connectivity index (χ1v) is 7.27. The minimum atomic E-state index is -4.87. The summed E-state index contributed by atoms with van der Waals surface area (Å²) in [6.07, 6.45) is -3.82. The van der Waals surface area contributed by atoms with Gasteiger partial charge >= 0.3 is 6.36 Å². The summed E-state index contributed by atoms with van der Waals surface area (Å²) in [5.74, 6) is -1.87. The Labute approximate surface area is 138 Å². The predicted molar refractivity (Wildman–Crippen MR) is 75.3 cm³/mol. The molecule has 3 rings (SSSR count). The number of rotatable bonds is 2. The molecular formula is C14H8Cl2F4N2O. The first-order chi connectivity index (χ1) is 10.7. The molecule has 1 aromatic carbocycles. The summed E-state index contributed by atoms with van der Waals surface area (Å²) in [5, 5.41) is 0.151. The monoisotopic (exact) mass is 366 g/mol. The first kappa shape index (κ1) is 16.3. The third-order valence-electron chi connectivity index (χ3n) is 3.56. The molecule has 1 atom stereocenters. The molecule has 1 unspecified atom stereocenters. The van der Waals surface area contributed by atoms with Crippen molar-refractivity contribution >= 4 is 23.2 Å². The summed E-state index contributed by atoms with van der Waals surface area (Å²) >= 11 is 11.8. The molecule has 3 nitrogen and oxygen atoms in total. The number of fused-ring (bicyclic) bond motifs is 1. The van der Waals surface area contributed by atoms with E-state index in [1.54, 1.807) is 0 Å². The molecule has 23 heavy (non-hydrogen) atoms. The van der Waals surface area contributed by atoms with Crippen LogP contribution in [0, 0.1) is 5.82 Å². The Bertz CT molecular complexity index is 767. The number of alkyl halides is 3. The average Bonchev–Trinajstić information content (AvgIpc) is 2.81. The average molecular weight is 367 g/mol. The summed E-state index contributed by atoms with van der Waals surface area (Å²) < 4.78 is 54.4. The third-order valence-corrected chi connectivity index (χ3v) is 4.04. The number of hydrogen-bond acceptors (Lipinski definition) is 3. The normalized spacial score (nSPS) is 17.2. The lowest BCUT2D eigenvalue weighted by molar-refractivity contribution is -0.274. The van der Waals surface area contributed by atoms with Crippen LogP contribution < -0.4 is 4.74 Å². The van der Waals surface area contributed by atoms with Crippen LogP contribution in [-0.2, 0) is 6.42 Å². The maximum atomic E-state index is 14.2. The van der Waals surface area contributed by atoms with Crippen molar-refractivity contribution in [1.82, 2.24) is 9.97 Å². The van der Waals surface area contributed by atoms with Gasteiger partial charge in [0.1, 0.15) is 16.7 Å². The molecule has 0 radical (unpaired) electrons. The fourth-order valence-corrected chi connectivity index (χ4v) is 3.17. The van der Waals surface area contributed by atoms with Crippen LogP contribution >= 0.6 is 23.2 Å². The minimum absolute atomic E-state index is 0.0573. The lowest BCUT2D eigenvalue weighted by Crippen LogP contribution is -2.17. The van der Waals surface area contributed by atoms with E-state index in [-0.39, 0.29) is 16.0 Å². The molecule has 0 spiro atoms. The van der Waals surface area contributed by atoms with E-state index in [1.165, 1.54) is 6.07 Å². The number of halogens is 6. The van der Waals surface area contributed by atoms with Crippen molar-refractivity contribution in [3.63, 3.8) is 0 Å². The van der Waals surface area contributed by atoms with Crippen LogP contribution in [0.4, 0.5) is 17.6 Å². The molecule has 1 aliphatic rings. The van der Waals surface area contributed by atoms with Gasteiger partial charge in [0, 0.05) is 17.5 Å². The minimum Gasteiger partial charge on any atom is -0.406 e. The van der Waals surface area contributed by atoms with Crippen molar-refractivity contribution in [2.45, 2.75) is 25.1 Å². The molecular weight excluding hydrogens is 359 g/mol. The fourth-order valence-electron chi connectivity index (χ4n) is 2.68. The first-order valence-electron chi connectivity index (χ1n) is 6.51. The van der Waals surface area contributed by atoms with Crippen LogP contribution in [0.1, 0.15) is 29.2 Å². The number of hydrogen-bond donors (Lipinski definition) is 0. The molecule has 9 heteroatoms. The smallest absolute Gasteiger partial charge is 0.406 e. The van der Waals surface area contributed by atoms with Crippen molar-refractivity contribution in [2.75, 3.05) is 0 Å². The molecule has 0 amide bonds. The van der Waals surface area contributed by atoms with Gasteiger partial charge in [0.25, 0.3) is 0 Å². The van der Waals surface area contributed by atoms with Crippen LogP contribution in [-0.4, -0.2) is 16.3 Å². The van der Waals surface area contributed by atoms with Crippen molar-refractivity contribution in [3.8, 4) is 5.75 Å². The van der Waals surface area contributed by atoms with Gasteiger partial charge in [-0.1, -0.05) is 17.7 Å². The number of benzene rings is 1. The SMILES string of the molecule is Fc1cc(OC(F)(F)F)ccc1C1CCc2c(Cl)nc(Cl)nc21. The van der Waals surface area contributed by atoms with Crippen LogP contribution in [0.2, 0.25) is 10.4 Å². The van der Waals surface area contributed by atoms with E-state index >= 15 is 0 Å². The van der Waals surface area contributed by atoms with Gasteiger partial charge in [-0.3, -0.25) is 0 Å². The van der Waals surface area contributed by atoms with Gasteiger partial charge in [0.2, 0.25) is 5.28 Å². The summed E-state index contributed by atoms with van der Waals surface area (Å²) in [6.45, 7) is 0. The molecule has 122 valence electrons. The predicted octanol–water partition coefficient (Wildman–Crippen LogP) is 4.90. The number of ether oxygens (including phenoxy) is 1. The quantitative estimate of drug-likeness (QED) is 0.430. The van der Waals surface area contributed by atoms with E-state index in [0.717, 1.165) is 6.07 Å². The van der Waals surface area contributed by atoms with Crippen molar-refractivity contribution < 1.29 is 22.3 Å². The summed E-state index contributed by atoms with van der Waals surface area (Å²) in [6, 6.07) is 3.01. The topological polar surface area (TPSA) is 35.0 Å². The van der Waals surface area contributed by atoms with E-state index in [1.807, 2.05) is 0 Å². The third kappa shape index (κ3) is 3.35. The van der Waals surface area contributed by atoms with E-state index in [9.17, 15) is 17.6 Å². The molecule has 1 aromatic heterocycles. The number of nitrogens with zero attached hydrogens (tertiary/aromatic N) is 2. The zero-order valence-corrected chi connectivity index (χ0v) is 12.8. The molecule has 0 aliphatic heterocycles. The van der Waals surface area contributed by atoms with Gasteiger partial charge in [0.15, 0.2) is 0 Å². The van der Waals surface area contributed by atoms with Crippen molar-refractivity contribution in [2.24, 2.45) is 0 Å². The lowest BCUT2D eigenvalue weighted by Gasteiger charge is -2.14. The highest BCUT2D eigenvalue weighted by molar-refractivity contribution is 6.32. The van der Waals surface area contributed by atoms with Crippen LogP contribution in [0.5, 0.6) is 5.75 Å². The Morgan fingerprint density at radius 3 is 2.57 bits per heavy atom. The fraction of sp³-hybridized carbons (Fsp3) is 0.286.